The number of benzene rings is 1. The molecule has 7 heteroatoms. The lowest BCUT2D eigenvalue weighted by Gasteiger charge is -2.43. The predicted octanol–water partition coefficient (Wildman–Crippen LogP) is 3.36. The number of nitrogens with two attached hydrogens (primary N) is 1. The van der Waals surface area contributed by atoms with E-state index in [2.05, 4.69) is 15.0 Å². The van der Waals surface area contributed by atoms with Crippen LogP contribution in [0.1, 0.15) is 19.3 Å². The van der Waals surface area contributed by atoms with Gasteiger partial charge in [0.2, 0.25) is 5.82 Å². The van der Waals surface area contributed by atoms with Crippen LogP contribution in [0, 0.1) is 5.41 Å². The Morgan fingerprint density at radius 2 is 1.95 bits per heavy atom. The minimum atomic E-state index is 0.354. The van der Waals surface area contributed by atoms with Crippen molar-refractivity contribution in [3.8, 4) is 11.4 Å². The molecule has 1 aliphatic carbocycles. The van der Waals surface area contributed by atoms with E-state index >= 15 is 0 Å². The van der Waals surface area contributed by atoms with E-state index in [1.165, 1.54) is 0 Å². The van der Waals surface area contributed by atoms with Crippen LogP contribution in [0.3, 0.4) is 0 Å². The van der Waals surface area contributed by atoms with E-state index in [1.54, 1.807) is 18.2 Å². The van der Waals surface area contributed by atoms with Crippen molar-refractivity contribution in [1.82, 2.24) is 10.1 Å². The highest BCUT2D eigenvalue weighted by molar-refractivity contribution is 6.35. The molecule has 1 spiro atoms. The average Bonchev–Trinajstić information content (AvgIpc) is 3.03. The Morgan fingerprint density at radius 1 is 1.23 bits per heavy atom. The molecule has 0 unspecified atom stereocenters. The van der Waals surface area contributed by atoms with E-state index in [9.17, 15) is 0 Å². The standard InChI is InChI=1S/C15H16Cl2N4O/c16-10-3-9(4-11(17)5-10)13-19-14(22-20-13)21-2-1-15(8-21)6-12(18)7-15/h3-5,12H,1-2,6-8,18H2. The highest BCUT2D eigenvalue weighted by atomic mass is 35.5. The molecule has 1 saturated heterocycles. The van der Waals surface area contributed by atoms with Crippen LogP contribution in [-0.2, 0) is 0 Å². The van der Waals surface area contributed by atoms with Crippen molar-refractivity contribution in [1.29, 1.82) is 0 Å². The zero-order chi connectivity index (χ0) is 15.3. The average molecular weight is 339 g/mol. The maximum absolute atomic E-state index is 6.02. The van der Waals surface area contributed by atoms with Crippen LogP contribution in [-0.4, -0.2) is 29.3 Å². The molecular weight excluding hydrogens is 323 g/mol. The number of halogens is 2. The molecule has 4 rings (SSSR count). The molecule has 1 aromatic carbocycles. The Hall–Kier alpha value is -1.30. The van der Waals surface area contributed by atoms with Gasteiger partial charge in [0.05, 0.1) is 0 Å². The summed E-state index contributed by atoms with van der Waals surface area (Å²) in [4.78, 5) is 6.63. The van der Waals surface area contributed by atoms with Gasteiger partial charge < -0.3 is 15.2 Å². The van der Waals surface area contributed by atoms with Gasteiger partial charge in [0.15, 0.2) is 0 Å². The number of hydrogen-bond acceptors (Lipinski definition) is 5. The molecule has 116 valence electrons. The molecule has 22 heavy (non-hydrogen) atoms. The Balaban J connectivity index is 1.55. The maximum atomic E-state index is 6.02. The predicted molar refractivity (Wildman–Crippen MR) is 86.2 cm³/mol. The van der Waals surface area contributed by atoms with Gasteiger partial charge in [-0.15, -0.1) is 0 Å². The summed E-state index contributed by atoms with van der Waals surface area (Å²) in [6.45, 7) is 1.88. The van der Waals surface area contributed by atoms with Gasteiger partial charge in [0.1, 0.15) is 0 Å². The Bertz CT molecular complexity index is 691. The highest BCUT2D eigenvalue weighted by Gasteiger charge is 2.48. The summed E-state index contributed by atoms with van der Waals surface area (Å²) in [6.07, 6.45) is 3.32. The van der Waals surface area contributed by atoms with Crippen molar-refractivity contribution in [3.63, 3.8) is 0 Å². The second-order valence-electron chi connectivity index (χ2n) is 6.40. The first-order chi connectivity index (χ1) is 10.5. The second-order valence-corrected chi connectivity index (χ2v) is 7.27. The van der Waals surface area contributed by atoms with Gasteiger partial charge in [0, 0.05) is 34.7 Å². The summed E-state index contributed by atoms with van der Waals surface area (Å²) in [5, 5.41) is 5.16. The summed E-state index contributed by atoms with van der Waals surface area (Å²) in [7, 11) is 0. The summed E-state index contributed by atoms with van der Waals surface area (Å²) < 4.78 is 5.42. The number of rotatable bonds is 2. The third-order valence-corrected chi connectivity index (χ3v) is 5.07. The van der Waals surface area contributed by atoms with Crippen LogP contribution < -0.4 is 10.6 Å². The summed E-state index contributed by atoms with van der Waals surface area (Å²) in [5.74, 6) is 0.505. The van der Waals surface area contributed by atoms with Gasteiger partial charge in [-0.3, -0.25) is 0 Å². The van der Waals surface area contributed by atoms with Crippen LogP contribution in [0.25, 0.3) is 11.4 Å². The molecule has 0 amide bonds. The van der Waals surface area contributed by atoms with Crippen LogP contribution in [0.4, 0.5) is 6.01 Å². The topological polar surface area (TPSA) is 68.2 Å². The van der Waals surface area contributed by atoms with Gasteiger partial charge in [-0.2, -0.15) is 4.98 Å². The lowest BCUT2D eigenvalue weighted by Crippen LogP contribution is -2.47. The van der Waals surface area contributed by atoms with Crippen molar-refractivity contribution in [2.24, 2.45) is 11.1 Å². The largest absolute Gasteiger partial charge is 0.328 e. The van der Waals surface area contributed by atoms with Crippen molar-refractivity contribution in [3.05, 3.63) is 28.2 Å². The third kappa shape index (κ3) is 2.47. The molecule has 2 aromatic rings. The van der Waals surface area contributed by atoms with Gasteiger partial charge >= 0.3 is 6.01 Å². The normalized spacial score (nSPS) is 27.4. The highest BCUT2D eigenvalue weighted by Crippen LogP contribution is 2.48. The number of nitrogens with zero attached hydrogens (tertiary/aromatic N) is 3. The Labute approximate surface area is 138 Å². The van der Waals surface area contributed by atoms with E-state index in [4.69, 9.17) is 33.5 Å². The SMILES string of the molecule is NC1CC2(CCN(c3nc(-c4cc(Cl)cc(Cl)c4)no3)C2)C1. The van der Waals surface area contributed by atoms with Gasteiger partial charge in [0.25, 0.3) is 0 Å². The first-order valence-electron chi connectivity index (χ1n) is 7.34. The van der Waals surface area contributed by atoms with Gasteiger partial charge in [-0.25, -0.2) is 0 Å². The van der Waals surface area contributed by atoms with E-state index in [-0.39, 0.29) is 0 Å². The zero-order valence-electron chi connectivity index (χ0n) is 11.9. The second kappa shape index (κ2) is 5.11. The fourth-order valence-corrected chi connectivity index (χ4v) is 4.15. The number of anilines is 1. The zero-order valence-corrected chi connectivity index (χ0v) is 13.4. The minimum Gasteiger partial charge on any atom is -0.328 e. The minimum absolute atomic E-state index is 0.354. The smallest absolute Gasteiger partial charge is 0.324 e. The molecular formula is C15H16Cl2N4O. The lowest BCUT2D eigenvalue weighted by atomic mass is 9.65. The fourth-order valence-electron chi connectivity index (χ4n) is 3.63. The first-order valence-corrected chi connectivity index (χ1v) is 8.09. The molecule has 0 atom stereocenters. The molecule has 2 fully saturated rings. The lowest BCUT2D eigenvalue weighted by molar-refractivity contribution is 0.132. The van der Waals surface area contributed by atoms with Gasteiger partial charge in [-0.05, 0) is 42.9 Å². The summed E-state index contributed by atoms with van der Waals surface area (Å²) in [5.41, 5.74) is 7.04. The Morgan fingerprint density at radius 3 is 2.64 bits per heavy atom. The molecule has 5 nitrogen and oxygen atoms in total. The first kappa shape index (κ1) is 14.3. The van der Waals surface area contributed by atoms with Crippen molar-refractivity contribution in [2.75, 3.05) is 18.0 Å². The monoisotopic (exact) mass is 338 g/mol. The number of aromatic nitrogens is 2. The summed E-state index contributed by atoms with van der Waals surface area (Å²) in [6, 6.07) is 6.14. The van der Waals surface area contributed by atoms with Crippen molar-refractivity contribution < 1.29 is 4.52 Å². The van der Waals surface area contributed by atoms with Crippen molar-refractivity contribution >= 4 is 29.2 Å². The molecule has 1 aliphatic heterocycles. The molecule has 2 aliphatic rings. The van der Waals surface area contributed by atoms with Crippen LogP contribution >= 0.6 is 23.2 Å². The fraction of sp³-hybridized carbons (Fsp3) is 0.467. The molecule has 1 aromatic heterocycles. The summed E-state index contributed by atoms with van der Waals surface area (Å²) >= 11 is 12.0. The quantitative estimate of drug-likeness (QED) is 0.909. The molecule has 0 bridgehead atoms. The third-order valence-electron chi connectivity index (χ3n) is 4.64. The van der Waals surface area contributed by atoms with E-state index in [0.717, 1.165) is 37.9 Å². The van der Waals surface area contributed by atoms with E-state index in [1.807, 2.05) is 0 Å². The van der Waals surface area contributed by atoms with Crippen LogP contribution in [0.15, 0.2) is 22.7 Å². The van der Waals surface area contributed by atoms with Crippen LogP contribution in [0.5, 0.6) is 0 Å². The number of hydrogen-bond donors (Lipinski definition) is 1. The van der Waals surface area contributed by atoms with Gasteiger partial charge in [-0.1, -0.05) is 28.4 Å². The molecule has 2 heterocycles. The molecule has 0 radical (unpaired) electrons. The van der Waals surface area contributed by atoms with E-state index < -0.39 is 0 Å². The van der Waals surface area contributed by atoms with Crippen molar-refractivity contribution in [2.45, 2.75) is 25.3 Å². The van der Waals surface area contributed by atoms with Crippen LogP contribution in [0.2, 0.25) is 10.0 Å². The molecule has 2 N–H and O–H groups in total. The maximum Gasteiger partial charge on any atom is 0.324 e. The Kier molecular flexibility index (Phi) is 3.33. The van der Waals surface area contributed by atoms with E-state index in [0.29, 0.717) is 33.3 Å². The molecule has 1 saturated carbocycles.